The van der Waals surface area contributed by atoms with Crippen LogP contribution >= 0.6 is 0 Å². The van der Waals surface area contributed by atoms with Gasteiger partial charge in [0.05, 0.1) is 0 Å². The summed E-state index contributed by atoms with van der Waals surface area (Å²) in [6, 6.07) is 10.3. The Morgan fingerprint density at radius 1 is 1.14 bits per heavy atom. The Balaban J connectivity index is 0.000000140. The fraction of sp³-hybridized carbons (Fsp3) is 0.231. The molecule has 0 fully saturated rings. The normalized spacial score (nSPS) is 12.9. The van der Waals surface area contributed by atoms with Gasteiger partial charge in [0.2, 0.25) is 0 Å². The van der Waals surface area contributed by atoms with E-state index in [0.717, 1.165) is 0 Å². The Morgan fingerprint density at radius 2 is 1.86 bits per heavy atom. The molecule has 1 aromatic rings. The molecule has 1 aromatic carbocycles. The van der Waals surface area contributed by atoms with Gasteiger partial charge in [-0.3, -0.25) is 0 Å². The van der Waals surface area contributed by atoms with E-state index >= 15 is 0 Å². The molecule has 0 aromatic heterocycles. The van der Waals surface area contributed by atoms with Crippen molar-refractivity contribution in [2.75, 3.05) is 0 Å². The standard InChI is InChI=1S/C7H8.C5H5.CH3.V/c1-7-5-3-2-4-6-7;1-2-4-5-3-1;;/h2-6H,1H3;1-3H,4H2;1H3;. The van der Waals surface area contributed by atoms with Crippen LogP contribution in [0.15, 0.2) is 52.8 Å². The van der Waals surface area contributed by atoms with Crippen molar-refractivity contribution in [2.24, 2.45) is 0 Å². The van der Waals surface area contributed by atoms with Crippen molar-refractivity contribution in [3.63, 3.8) is 0 Å². The Labute approximate surface area is 93.8 Å². The Morgan fingerprint density at radius 3 is 2.14 bits per heavy atom. The van der Waals surface area contributed by atoms with Crippen LogP contribution in [0.5, 0.6) is 0 Å². The van der Waals surface area contributed by atoms with E-state index in [9.17, 15) is 0 Å². The molecule has 0 unspecified atom stereocenters. The van der Waals surface area contributed by atoms with Gasteiger partial charge in [-0.15, -0.1) is 0 Å². The molecule has 2 rings (SSSR count). The zero-order valence-corrected chi connectivity index (χ0v) is 10.2. The second-order valence-electron chi connectivity index (χ2n) is 3.17. The van der Waals surface area contributed by atoms with E-state index in [1.807, 2.05) is 18.2 Å². The summed E-state index contributed by atoms with van der Waals surface area (Å²) in [6.45, 7) is 2.08. The molecule has 0 heterocycles. The average molecular weight is 223 g/mol. The predicted molar refractivity (Wildman–Crippen MR) is 58.9 cm³/mol. The molecule has 0 N–H and O–H groups in total. The van der Waals surface area contributed by atoms with Crippen LogP contribution in [-0.4, -0.2) is 0 Å². The number of aryl methyl sites for hydroxylation is 1. The molecular weight excluding hydrogens is 207 g/mol. The van der Waals surface area contributed by atoms with Crippen LogP contribution in [-0.2, 0) is 16.3 Å². The molecule has 1 aliphatic carbocycles. The van der Waals surface area contributed by atoms with Gasteiger partial charge < -0.3 is 0 Å². The fourth-order valence-corrected chi connectivity index (χ4v) is 1.95. The molecule has 0 amide bonds. The summed E-state index contributed by atoms with van der Waals surface area (Å²) in [5.74, 6) is 0. The van der Waals surface area contributed by atoms with Gasteiger partial charge in [-0.05, 0) is 6.92 Å². The minimum absolute atomic E-state index is 0.523. The van der Waals surface area contributed by atoms with E-state index in [0.29, 0.717) is 16.3 Å². The number of rotatable bonds is 1. The summed E-state index contributed by atoms with van der Waals surface area (Å²) in [7, 11) is 0. The number of benzene rings is 1. The van der Waals surface area contributed by atoms with E-state index in [1.165, 1.54) is 12.0 Å². The fourth-order valence-electron chi connectivity index (χ4n) is 1.14. The Bertz CT molecular complexity index is 309. The molecule has 0 saturated carbocycles. The summed E-state index contributed by atoms with van der Waals surface area (Å²) >= 11 is 0.523. The number of hydrogen-bond donors (Lipinski definition) is 0. The summed E-state index contributed by atoms with van der Waals surface area (Å²) in [5, 5.41) is 0. The van der Waals surface area contributed by atoms with Gasteiger partial charge in [0.15, 0.2) is 0 Å². The van der Waals surface area contributed by atoms with Crippen molar-refractivity contribution in [1.29, 1.82) is 0 Å². The van der Waals surface area contributed by atoms with Crippen molar-refractivity contribution in [3.05, 3.63) is 58.4 Å². The van der Waals surface area contributed by atoms with Gasteiger partial charge in [0.25, 0.3) is 0 Å². The molecule has 0 spiro atoms. The van der Waals surface area contributed by atoms with Gasteiger partial charge in [0, 0.05) is 0 Å². The summed E-state index contributed by atoms with van der Waals surface area (Å²) in [6.07, 6.45) is 7.83. The second-order valence-corrected chi connectivity index (χ2v) is 4.76. The van der Waals surface area contributed by atoms with Crippen molar-refractivity contribution in [1.82, 2.24) is 0 Å². The summed E-state index contributed by atoms with van der Waals surface area (Å²) in [5.41, 5.74) is 3.61. The Hall–Kier alpha value is -0.716. The van der Waals surface area contributed by atoms with Crippen LogP contribution < -0.4 is 0 Å². The summed E-state index contributed by atoms with van der Waals surface area (Å²) < 4.78 is 1.65. The third kappa shape index (κ3) is 4.50. The first-order chi connectivity index (χ1) is 6.83. The zero-order valence-electron chi connectivity index (χ0n) is 8.77. The number of hydrogen-bond acceptors (Lipinski definition) is 0. The van der Waals surface area contributed by atoms with E-state index in [-0.39, 0.29) is 0 Å². The SMILES string of the molecule is Cc1ccccc1.[CH3][V][C]1=CC=CC1. The van der Waals surface area contributed by atoms with Crippen molar-refractivity contribution < 1.29 is 16.3 Å². The molecule has 0 atom stereocenters. The van der Waals surface area contributed by atoms with E-state index in [1.54, 1.807) is 4.28 Å². The third-order valence-corrected chi connectivity index (χ3v) is 3.39. The zero-order chi connectivity index (χ0) is 10.2. The first kappa shape index (κ1) is 11.4. The van der Waals surface area contributed by atoms with Crippen LogP contribution in [0.1, 0.15) is 12.0 Å². The molecule has 14 heavy (non-hydrogen) atoms. The first-order valence-electron chi connectivity index (χ1n) is 4.80. The molecule has 0 nitrogen and oxygen atoms in total. The van der Waals surface area contributed by atoms with Gasteiger partial charge in [0.1, 0.15) is 0 Å². The molecule has 1 aliphatic rings. The van der Waals surface area contributed by atoms with Gasteiger partial charge in [-0.25, -0.2) is 0 Å². The van der Waals surface area contributed by atoms with Crippen LogP contribution in [0.25, 0.3) is 0 Å². The molecule has 73 valence electrons. The topological polar surface area (TPSA) is 0 Å². The van der Waals surface area contributed by atoms with Crippen molar-refractivity contribution in [3.8, 4) is 0 Å². The second kappa shape index (κ2) is 6.70. The van der Waals surface area contributed by atoms with Crippen LogP contribution in [0.4, 0.5) is 0 Å². The van der Waals surface area contributed by atoms with Gasteiger partial charge in [-0.1, -0.05) is 35.9 Å². The van der Waals surface area contributed by atoms with Crippen LogP contribution in [0.3, 0.4) is 0 Å². The van der Waals surface area contributed by atoms with Crippen molar-refractivity contribution in [2.45, 2.75) is 19.0 Å². The predicted octanol–water partition coefficient (Wildman–Crippen LogP) is 3.96. The maximum absolute atomic E-state index is 2.29. The maximum atomic E-state index is 2.29. The monoisotopic (exact) mass is 223 g/mol. The molecule has 1 heteroatoms. The first-order valence-corrected chi connectivity index (χ1v) is 6.89. The third-order valence-electron chi connectivity index (χ3n) is 1.98. The van der Waals surface area contributed by atoms with Gasteiger partial charge in [-0.2, -0.15) is 0 Å². The minimum atomic E-state index is 0.523. The Kier molecular flexibility index (Phi) is 5.43. The van der Waals surface area contributed by atoms with E-state index in [4.69, 9.17) is 0 Å². The van der Waals surface area contributed by atoms with Gasteiger partial charge >= 0.3 is 50.9 Å². The van der Waals surface area contributed by atoms with Crippen LogP contribution in [0.2, 0.25) is 5.64 Å². The van der Waals surface area contributed by atoms with E-state index in [2.05, 4.69) is 42.9 Å². The molecular formula is C13H16V. The van der Waals surface area contributed by atoms with E-state index < -0.39 is 0 Å². The number of allylic oxidation sites excluding steroid dienone is 4. The molecule has 0 saturated heterocycles. The molecule has 0 bridgehead atoms. The van der Waals surface area contributed by atoms with Crippen molar-refractivity contribution >= 4 is 0 Å². The average Bonchev–Trinajstić information content (AvgIpc) is 2.72. The quantitative estimate of drug-likeness (QED) is 0.676. The molecule has 0 aliphatic heterocycles. The molecule has 0 radical (unpaired) electrons. The summed E-state index contributed by atoms with van der Waals surface area (Å²) in [4.78, 5) is 0. The van der Waals surface area contributed by atoms with Crippen LogP contribution in [0, 0.1) is 6.92 Å².